The van der Waals surface area contributed by atoms with E-state index >= 15 is 0 Å². The van der Waals surface area contributed by atoms with Crippen molar-refractivity contribution < 1.29 is 120 Å². The van der Waals surface area contributed by atoms with Gasteiger partial charge < -0.3 is 78.6 Å². The summed E-state index contributed by atoms with van der Waals surface area (Å²) in [6.07, 6.45) is 4.51. The van der Waals surface area contributed by atoms with Gasteiger partial charge >= 0.3 is 31.6 Å². The van der Waals surface area contributed by atoms with Crippen LogP contribution in [0.15, 0.2) is 0 Å². The molecule has 15 unspecified atom stereocenters. The van der Waals surface area contributed by atoms with Crippen molar-refractivity contribution in [3.05, 3.63) is 0 Å². The van der Waals surface area contributed by atoms with Gasteiger partial charge in [-0.1, -0.05) is 34.6 Å². The van der Waals surface area contributed by atoms with E-state index in [1.54, 1.807) is 35.2 Å². The minimum atomic E-state index is -0.768. The van der Waals surface area contributed by atoms with Crippen LogP contribution >= 0.6 is 0 Å². The molecule has 0 aromatic rings. The van der Waals surface area contributed by atoms with Crippen molar-refractivity contribution in [2.45, 2.75) is 291 Å². The number of hydroxylamine groups is 10. The van der Waals surface area contributed by atoms with Crippen LogP contribution in [-0.2, 0) is 110 Å². The quantitative estimate of drug-likeness (QED) is 0.0205. The number of amides is 17. The number of likely N-dealkylation sites (N-methyl/N-ethyl adjacent to an activating group) is 15. The van der Waals surface area contributed by atoms with Crippen molar-refractivity contribution in [2.24, 2.45) is 17.2 Å². The molecule has 50 heteroatoms. The number of imide groups is 5. The maximum absolute atomic E-state index is 11.7. The van der Waals surface area contributed by atoms with Gasteiger partial charge in [-0.2, -0.15) is 0 Å². The molecule has 10 saturated heterocycles. The first kappa shape index (κ1) is 134. The summed E-state index contributed by atoms with van der Waals surface area (Å²) < 4.78 is 0. The number of nitrogens with zero attached hydrogens (tertiary/aromatic N) is 15. The zero-order chi connectivity index (χ0) is 108. The Morgan fingerprint density at radius 1 is 0.293 bits per heavy atom. The monoisotopic (exact) mass is 2050 g/mol. The first-order valence-corrected chi connectivity index (χ1v) is 47.5. The van der Waals surface area contributed by atoms with Crippen LogP contribution in [0.4, 0.5) is 9.59 Å². The van der Waals surface area contributed by atoms with Gasteiger partial charge in [-0.3, -0.25) is 135 Å². The Hall–Kier alpha value is -10.5. The zero-order valence-corrected chi connectivity index (χ0v) is 88.7. The fourth-order valence-electron chi connectivity index (χ4n) is 15.2. The molecule has 140 heavy (non-hydrogen) atoms. The van der Waals surface area contributed by atoms with Gasteiger partial charge in [0.1, 0.15) is 30.2 Å². The van der Waals surface area contributed by atoms with Crippen molar-refractivity contribution in [3.8, 4) is 0 Å². The summed E-state index contributed by atoms with van der Waals surface area (Å²) in [7, 11) is 29.0. The molecule has 806 valence electrons. The van der Waals surface area contributed by atoms with E-state index in [2.05, 4.69) is 236 Å². The van der Waals surface area contributed by atoms with Crippen LogP contribution in [0.25, 0.3) is 0 Å². The molecule has 50 nitrogen and oxygen atoms in total. The third-order valence-corrected chi connectivity index (χ3v) is 24.4. The average Bonchev–Trinajstić information content (AvgIpc) is 1.47. The predicted octanol–water partition coefficient (Wildman–Crippen LogP) is -2.12. The van der Waals surface area contributed by atoms with Gasteiger partial charge in [0.2, 0.25) is 29.5 Å². The van der Waals surface area contributed by atoms with Crippen LogP contribution in [0.1, 0.15) is 200 Å². The normalized spacial score (nSPS) is 25.5. The molecule has 10 rings (SSSR count). The highest BCUT2D eigenvalue weighted by molar-refractivity contribution is 6.04. The first-order chi connectivity index (χ1) is 65.7. The summed E-state index contributed by atoms with van der Waals surface area (Å²) >= 11 is 0. The lowest BCUT2D eigenvalue weighted by molar-refractivity contribution is -0.188. The number of carbonyl (C=O) groups is 20. The Balaban J connectivity index is -0.00000147. The molecule has 0 radical (unpaired) electrons. The number of hydrogen-bond donors (Lipinski definition) is 10. The lowest BCUT2D eigenvalue weighted by atomic mass is 10.0. The Kier molecular flexibility index (Phi) is 68.6. The Labute approximate surface area is 827 Å². The number of rotatable bonds is 20. The van der Waals surface area contributed by atoms with E-state index in [4.69, 9.17) is 17.2 Å². The lowest BCUT2D eigenvalue weighted by Gasteiger charge is -2.46. The zero-order valence-electron chi connectivity index (χ0n) is 88.7. The molecular formula is C90H171N25O25. The molecule has 10 fully saturated rings. The summed E-state index contributed by atoms with van der Waals surface area (Å²) in [5.41, 5.74) is 15.1. The standard InChI is InChI=1S/5C10H21N3O.2C8H12N2O4.3C5H5NO4.3C3H9N/c5*1-7-6-12(4)9(10(14)11-3)8(2)13(7)5;2*1-2-5-9-8(13)14-10-6(11)3-4-7(10)12;3*7-3-10-6-4(8)1-2-5(6)9;3*1-2-3-4/h5*7-9H,6H2,1-5H3,(H,11,14);2*2-5H2,1H3,(H,9,13);3*3H,1-2H2;3*2-4H2,1H3/i3+1,11+1,12+1,13+1;3+1,4+1,11+1,13+1;3+1,11+1,13+1;3+1,10+1,11+1;3+1,4+1,11+1;2*1+1,2+1,5+1,9+1,13+2;3*3+1,7+2;3*1+1,2+1,3+1,4+1. The topological polar surface area (TPSA) is 598 Å². The van der Waals surface area contributed by atoms with E-state index in [0.717, 1.165) is 84.5 Å². The van der Waals surface area contributed by atoms with Crippen molar-refractivity contribution >= 4 is 120 Å². The molecule has 10 heterocycles. The minimum absolute atomic E-state index is 0.0267. The van der Waals surface area contributed by atoms with Crippen LogP contribution in [0, 0.1) is 0 Å². The maximum atomic E-state index is 11.7. The molecule has 0 aromatic carbocycles. The number of nitrogens with one attached hydrogen (secondary N) is 7. The third-order valence-electron chi connectivity index (χ3n) is 24.4. The van der Waals surface area contributed by atoms with Crippen LogP contribution < -0.4 is 54.4 Å². The summed E-state index contributed by atoms with van der Waals surface area (Å²) in [6, 6.07) is 3.75. The number of piperazine rings is 5. The van der Waals surface area contributed by atoms with Gasteiger partial charge in [-0.25, -0.2) is 9.59 Å². The lowest BCUT2D eigenvalue weighted by Crippen LogP contribution is -2.63. The van der Waals surface area contributed by atoms with Crippen molar-refractivity contribution in [2.75, 3.05) is 171 Å². The minimum Gasteiger partial charge on any atom is -0.358 e. The number of nitrogens with two attached hydrogens (primary N) is 3. The molecule has 0 bridgehead atoms. The van der Waals surface area contributed by atoms with Gasteiger partial charge in [-0.05, 0) is 191 Å². The second kappa shape index (κ2) is 71.8. The van der Waals surface area contributed by atoms with Crippen LogP contribution in [0.3, 0.4) is 0 Å². The molecule has 0 saturated carbocycles. The molecule has 13 N–H and O–H groups in total. The Morgan fingerprint density at radius 3 is 0.557 bits per heavy atom. The second-order valence-electron chi connectivity index (χ2n) is 34.8. The van der Waals surface area contributed by atoms with Gasteiger partial charge in [-0.15, -0.1) is 25.3 Å². The number of hydrogen-bond acceptors (Lipinski definition) is 38. The highest BCUT2D eigenvalue weighted by Crippen LogP contribution is 2.25. The van der Waals surface area contributed by atoms with E-state index < -0.39 is 71.3 Å². The third kappa shape index (κ3) is 45.2. The molecule has 10 aliphatic heterocycles. The summed E-state index contributed by atoms with van der Waals surface area (Å²) in [4.78, 5) is 260. The van der Waals surface area contributed by atoms with E-state index in [0.29, 0.717) is 68.6 Å². The molecule has 10 aliphatic rings. The summed E-state index contributed by atoms with van der Waals surface area (Å²) in [6.45, 7) is 39.6. The van der Waals surface area contributed by atoms with Crippen molar-refractivity contribution in [1.82, 2.24) is 112 Å². The maximum Gasteiger partial charge on any atom is 0.432 e. The fourth-order valence-corrected chi connectivity index (χ4v) is 15.2. The molecule has 0 aliphatic carbocycles. The highest BCUT2D eigenvalue weighted by Gasteiger charge is 2.44. The largest absolute Gasteiger partial charge is 0.432 e. The Bertz CT molecular complexity index is 3350. The van der Waals surface area contributed by atoms with E-state index in [1.807, 2.05) is 49.1 Å². The first-order valence-electron chi connectivity index (χ1n) is 47.5. The van der Waals surface area contributed by atoms with Gasteiger partial charge in [0.25, 0.3) is 59.1 Å². The van der Waals surface area contributed by atoms with Crippen molar-refractivity contribution in [1.29, 1.82) is 0 Å². The molecule has 0 spiro atoms. The van der Waals surface area contributed by atoms with Crippen molar-refractivity contribution in [3.63, 3.8) is 0 Å². The van der Waals surface area contributed by atoms with E-state index in [9.17, 15) is 95.9 Å². The highest BCUT2D eigenvalue weighted by atomic mass is 18.1. The Morgan fingerprint density at radius 2 is 0.436 bits per heavy atom. The summed E-state index contributed by atoms with van der Waals surface area (Å²) in [5, 5.41) is 20.9. The van der Waals surface area contributed by atoms with E-state index in [-0.39, 0.29) is 174 Å². The van der Waals surface area contributed by atoms with Crippen LogP contribution in [0.2, 0.25) is 0 Å². The van der Waals surface area contributed by atoms with Gasteiger partial charge in [0, 0.05) is 206 Å². The average molecular weight is 2050 g/mol. The second-order valence-corrected chi connectivity index (χ2v) is 34.8. The van der Waals surface area contributed by atoms with E-state index in [1.165, 1.54) is 0 Å². The van der Waals surface area contributed by atoms with Crippen LogP contribution in [0.5, 0.6) is 0 Å². The smallest absolute Gasteiger partial charge is 0.358 e. The fraction of sp³-hybridized carbons (Fsp3) is 0.778. The van der Waals surface area contributed by atoms with Crippen LogP contribution in [-0.4, -0.2) is 456 Å². The SMILES string of the molecule is CC1CN(C)C(C(=O)[15NH][13CH3])C(C)[15N]1C.CC1CN(C)C([13C](=O)[15NH][13CH3])C(C)N1C.CC1CN([13CH3])C(C(=O)[15NH][13CH3])C(C)N1C.CC1CN([13CH3])C(C(=O)[15NH][13CH3])C(C)[15N]1C.CC1C[15N](C)C(C(=O)[15NH][13CH3])C(C)[15N]1C.O=C1CCC(=O)N1O[13CH]=[18O].O=C1CCC(=O)N1O[13CH]=[18O].O=C1CCC(=O)N1O[13CH]=[18O].[13CH3][13CH2][13CH2][15NH2].[13CH3][13CH2][13CH2][15NH2].[13CH3][13CH2][13CH2][15NH2].[13CH3][13CH2][13CH2][15NH]C(=[18O])ON1C(=O)CCC1=O.[13CH3][13CH2][13CH2][15NH]C(=[18O])ON1C(=O)CCC1=O. The molecule has 0 aromatic heterocycles. The van der Waals surface area contributed by atoms with Gasteiger partial charge in [0.05, 0.1) is 0 Å². The predicted molar refractivity (Wildman–Crippen MR) is 520 cm³/mol. The molecule has 17 amide bonds. The molecule has 15 atom stereocenters. The molecular weight excluding hydrogens is 1880 g/mol. The van der Waals surface area contributed by atoms with Gasteiger partial charge in [0.15, 0.2) is 0 Å². The number of carbonyl (C=O) groups excluding carboxylic acids is 20. The summed E-state index contributed by atoms with van der Waals surface area (Å²) in [5.74, 6) is -4.10.